The van der Waals surface area contributed by atoms with Crippen molar-refractivity contribution in [2.75, 3.05) is 5.32 Å². The summed E-state index contributed by atoms with van der Waals surface area (Å²) < 4.78 is 26.4. The molecule has 0 spiro atoms. The molecule has 25 heavy (non-hydrogen) atoms. The normalized spacial score (nSPS) is 10.7. The van der Waals surface area contributed by atoms with Gasteiger partial charge in [0.1, 0.15) is 17.5 Å². The summed E-state index contributed by atoms with van der Waals surface area (Å²) in [6.45, 7) is 2.01. The SMILES string of the molecule is Cc1cccc(Cc2nc(CC(=O)Nc3ccc(F)cc3F)n[nH]2)c1. The summed E-state index contributed by atoms with van der Waals surface area (Å²) in [4.78, 5) is 16.2. The molecule has 2 N–H and O–H groups in total. The second-order valence-corrected chi connectivity index (χ2v) is 5.71. The number of H-pyrrole nitrogens is 1. The molecule has 0 saturated heterocycles. The van der Waals surface area contributed by atoms with E-state index >= 15 is 0 Å². The second kappa shape index (κ2) is 7.21. The first-order valence-corrected chi connectivity index (χ1v) is 7.70. The monoisotopic (exact) mass is 342 g/mol. The molecule has 0 saturated carbocycles. The van der Waals surface area contributed by atoms with Gasteiger partial charge in [-0.2, -0.15) is 5.10 Å². The van der Waals surface area contributed by atoms with Crippen LogP contribution in [0.5, 0.6) is 0 Å². The number of aromatic nitrogens is 3. The number of nitrogens with zero attached hydrogens (tertiary/aromatic N) is 2. The molecule has 1 heterocycles. The van der Waals surface area contributed by atoms with Gasteiger partial charge < -0.3 is 5.32 Å². The standard InChI is InChI=1S/C18H16F2N4O/c1-11-3-2-4-12(7-11)8-16-22-17(24-23-16)10-18(25)21-15-6-5-13(19)9-14(15)20/h2-7,9H,8,10H2,1H3,(H,21,25)(H,22,23,24). The van der Waals surface area contributed by atoms with Gasteiger partial charge in [-0.15, -0.1) is 0 Å². The highest BCUT2D eigenvalue weighted by atomic mass is 19.1. The van der Waals surface area contributed by atoms with Gasteiger partial charge in [-0.3, -0.25) is 9.89 Å². The third kappa shape index (κ3) is 4.47. The Bertz CT molecular complexity index is 908. The molecular formula is C18H16F2N4O. The lowest BCUT2D eigenvalue weighted by atomic mass is 10.1. The van der Waals surface area contributed by atoms with E-state index < -0.39 is 17.5 Å². The van der Waals surface area contributed by atoms with Gasteiger partial charge in [0, 0.05) is 12.5 Å². The minimum Gasteiger partial charge on any atom is -0.323 e. The third-order valence-corrected chi connectivity index (χ3v) is 3.56. The average Bonchev–Trinajstić information content (AvgIpc) is 2.97. The first-order valence-electron chi connectivity index (χ1n) is 7.70. The van der Waals surface area contributed by atoms with Crippen molar-refractivity contribution in [1.82, 2.24) is 15.2 Å². The molecule has 0 atom stereocenters. The lowest BCUT2D eigenvalue weighted by Gasteiger charge is -2.04. The average molecular weight is 342 g/mol. The van der Waals surface area contributed by atoms with E-state index in [-0.39, 0.29) is 12.1 Å². The van der Waals surface area contributed by atoms with Gasteiger partial charge in [0.05, 0.1) is 12.1 Å². The Labute approximate surface area is 143 Å². The zero-order valence-electron chi connectivity index (χ0n) is 13.5. The highest BCUT2D eigenvalue weighted by Crippen LogP contribution is 2.15. The largest absolute Gasteiger partial charge is 0.323 e. The van der Waals surface area contributed by atoms with Crippen LogP contribution < -0.4 is 5.32 Å². The predicted molar refractivity (Wildman–Crippen MR) is 89.1 cm³/mol. The van der Waals surface area contributed by atoms with E-state index in [0.29, 0.717) is 24.1 Å². The van der Waals surface area contributed by atoms with Crippen molar-refractivity contribution in [1.29, 1.82) is 0 Å². The van der Waals surface area contributed by atoms with E-state index in [4.69, 9.17) is 0 Å². The van der Waals surface area contributed by atoms with Crippen LogP contribution in [0.3, 0.4) is 0 Å². The molecule has 2 aromatic carbocycles. The van der Waals surface area contributed by atoms with E-state index in [1.165, 1.54) is 6.07 Å². The van der Waals surface area contributed by atoms with Gasteiger partial charge in [-0.1, -0.05) is 29.8 Å². The second-order valence-electron chi connectivity index (χ2n) is 5.71. The number of aromatic amines is 1. The Morgan fingerprint density at radius 2 is 2.04 bits per heavy atom. The van der Waals surface area contributed by atoms with Crippen LogP contribution in [-0.4, -0.2) is 21.1 Å². The number of aryl methyl sites for hydroxylation is 1. The first kappa shape index (κ1) is 16.8. The zero-order chi connectivity index (χ0) is 17.8. The van der Waals surface area contributed by atoms with Crippen molar-refractivity contribution in [3.05, 3.63) is 76.9 Å². The fraction of sp³-hybridized carbons (Fsp3) is 0.167. The van der Waals surface area contributed by atoms with Crippen molar-refractivity contribution in [2.24, 2.45) is 0 Å². The van der Waals surface area contributed by atoms with E-state index in [1.807, 2.05) is 31.2 Å². The minimum atomic E-state index is -0.830. The molecule has 3 aromatic rings. The molecule has 128 valence electrons. The number of rotatable bonds is 5. The Hall–Kier alpha value is -3.09. The summed E-state index contributed by atoms with van der Waals surface area (Å²) in [5.74, 6) is -1.07. The van der Waals surface area contributed by atoms with Crippen LogP contribution in [0.2, 0.25) is 0 Å². The summed E-state index contributed by atoms with van der Waals surface area (Å²) in [5, 5.41) is 9.18. The first-order chi connectivity index (χ1) is 12.0. The van der Waals surface area contributed by atoms with Crippen molar-refractivity contribution in [2.45, 2.75) is 19.8 Å². The van der Waals surface area contributed by atoms with Crippen molar-refractivity contribution < 1.29 is 13.6 Å². The Balaban J connectivity index is 1.61. The molecular weight excluding hydrogens is 326 g/mol. The van der Waals surface area contributed by atoms with Gasteiger partial charge in [-0.25, -0.2) is 13.8 Å². The minimum absolute atomic E-state index is 0.0816. The lowest BCUT2D eigenvalue weighted by Crippen LogP contribution is -2.16. The highest BCUT2D eigenvalue weighted by molar-refractivity contribution is 5.91. The number of hydrogen-bond donors (Lipinski definition) is 2. The number of nitrogens with one attached hydrogen (secondary N) is 2. The summed E-state index contributed by atoms with van der Waals surface area (Å²) in [6, 6.07) is 11.0. The Morgan fingerprint density at radius 3 is 2.80 bits per heavy atom. The number of amides is 1. The van der Waals surface area contributed by atoms with Crippen LogP contribution in [0.1, 0.15) is 22.8 Å². The summed E-state index contributed by atoms with van der Waals surface area (Å²) in [7, 11) is 0. The van der Waals surface area contributed by atoms with Crippen LogP contribution in [0.15, 0.2) is 42.5 Å². The molecule has 0 aliphatic carbocycles. The number of carbonyl (C=O) groups is 1. The zero-order valence-corrected chi connectivity index (χ0v) is 13.5. The maximum Gasteiger partial charge on any atom is 0.232 e. The van der Waals surface area contributed by atoms with Crippen molar-refractivity contribution in [3.8, 4) is 0 Å². The quantitative estimate of drug-likeness (QED) is 0.748. The van der Waals surface area contributed by atoms with Crippen LogP contribution in [-0.2, 0) is 17.6 Å². The molecule has 1 aromatic heterocycles. The molecule has 0 unspecified atom stereocenters. The van der Waals surface area contributed by atoms with Crippen LogP contribution in [0.25, 0.3) is 0 Å². The van der Waals surface area contributed by atoms with E-state index in [9.17, 15) is 13.6 Å². The molecule has 0 aliphatic rings. The Morgan fingerprint density at radius 1 is 1.20 bits per heavy atom. The van der Waals surface area contributed by atoms with Gasteiger partial charge in [0.15, 0.2) is 5.82 Å². The van der Waals surface area contributed by atoms with Gasteiger partial charge in [-0.05, 0) is 24.6 Å². The lowest BCUT2D eigenvalue weighted by molar-refractivity contribution is -0.115. The van der Waals surface area contributed by atoms with Crippen LogP contribution in [0, 0.1) is 18.6 Å². The highest BCUT2D eigenvalue weighted by Gasteiger charge is 2.12. The Kier molecular flexibility index (Phi) is 4.83. The predicted octanol–water partition coefficient (Wildman–Crippen LogP) is 3.16. The molecule has 0 aliphatic heterocycles. The molecule has 0 bridgehead atoms. The number of hydrogen-bond acceptors (Lipinski definition) is 3. The van der Waals surface area contributed by atoms with Crippen LogP contribution >= 0.6 is 0 Å². The van der Waals surface area contributed by atoms with E-state index in [2.05, 4.69) is 20.5 Å². The number of benzene rings is 2. The van der Waals surface area contributed by atoms with Crippen molar-refractivity contribution >= 4 is 11.6 Å². The van der Waals surface area contributed by atoms with Gasteiger partial charge in [0.2, 0.25) is 5.91 Å². The fourth-order valence-electron chi connectivity index (χ4n) is 2.44. The van der Waals surface area contributed by atoms with E-state index in [0.717, 1.165) is 17.2 Å². The van der Waals surface area contributed by atoms with E-state index in [1.54, 1.807) is 0 Å². The van der Waals surface area contributed by atoms with Gasteiger partial charge in [0.25, 0.3) is 0 Å². The molecule has 1 amide bonds. The van der Waals surface area contributed by atoms with Gasteiger partial charge >= 0.3 is 0 Å². The summed E-state index contributed by atoms with van der Waals surface area (Å²) in [6.07, 6.45) is 0.462. The maximum absolute atomic E-state index is 13.5. The number of anilines is 1. The fourth-order valence-corrected chi connectivity index (χ4v) is 2.44. The van der Waals surface area contributed by atoms with Crippen LogP contribution in [0.4, 0.5) is 14.5 Å². The summed E-state index contributed by atoms with van der Waals surface area (Å²) in [5.41, 5.74) is 2.15. The van der Waals surface area contributed by atoms with Crippen molar-refractivity contribution in [3.63, 3.8) is 0 Å². The third-order valence-electron chi connectivity index (χ3n) is 3.56. The molecule has 0 fully saturated rings. The molecule has 5 nitrogen and oxygen atoms in total. The maximum atomic E-state index is 13.5. The number of carbonyl (C=O) groups excluding carboxylic acids is 1. The number of halogens is 2. The molecule has 0 radical (unpaired) electrons. The molecule has 7 heteroatoms. The smallest absolute Gasteiger partial charge is 0.232 e. The molecule has 3 rings (SSSR count). The summed E-state index contributed by atoms with van der Waals surface area (Å²) >= 11 is 0. The topological polar surface area (TPSA) is 70.7 Å².